The van der Waals surface area contributed by atoms with Crippen LogP contribution in [0.2, 0.25) is 0 Å². The van der Waals surface area contributed by atoms with Crippen LogP contribution in [0, 0.1) is 0 Å². The molecule has 1 saturated heterocycles. The third kappa shape index (κ3) is 2.56. The molecule has 0 spiro atoms. The minimum Gasteiger partial charge on any atom is -0.464 e. The lowest BCUT2D eigenvalue weighted by Gasteiger charge is -2.35. The molecule has 0 aromatic carbocycles. The number of hydrogen-bond donors (Lipinski definition) is 1. The number of rotatable bonds is 2. The number of carbonyl (C=O) groups is 1. The van der Waals surface area contributed by atoms with Crippen molar-refractivity contribution in [3.63, 3.8) is 0 Å². The van der Waals surface area contributed by atoms with E-state index in [4.69, 9.17) is 5.11 Å². The van der Waals surface area contributed by atoms with Gasteiger partial charge in [0.2, 0.25) is 0 Å². The lowest BCUT2D eigenvalue weighted by molar-refractivity contribution is 0.197. The smallest absolute Gasteiger partial charge is 0.418 e. The second-order valence-electron chi connectivity index (χ2n) is 5.59. The lowest BCUT2D eigenvalue weighted by Crippen LogP contribution is -2.42. The number of anilines is 1. The third-order valence-corrected chi connectivity index (χ3v) is 4.11. The topological polar surface area (TPSA) is 74.5 Å². The number of fused-ring (bicyclic) bond motifs is 1. The van der Waals surface area contributed by atoms with Crippen molar-refractivity contribution < 1.29 is 9.90 Å². The van der Waals surface area contributed by atoms with E-state index in [1.807, 2.05) is 12.1 Å². The standard InChI is InChI=1S/C14H19N5O2/c1-17(2)10-5-7-18(8-6-10)12-4-3-11-13(16-12)19(9-15-11)14(20)21/h3-4,9-10H,5-8H2,1-2H3,(H,20,21). The van der Waals surface area contributed by atoms with Crippen LogP contribution in [0.1, 0.15) is 12.8 Å². The first-order valence-corrected chi connectivity index (χ1v) is 7.05. The Morgan fingerprint density at radius 1 is 1.33 bits per heavy atom. The molecule has 0 unspecified atom stereocenters. The van der Waals surface area contributed by atoms with Crippen molar-refractivity contribution in [3.8, 4) is 0 Å². The largest absolute Gasteiger partial charge is 0.464 e. The van der Waals surface area contributed by atoms with Crippen LogP contribution in [0.15, 0.2) is 18.5 Å². The van der Waals surface area contributed by atoms with Gasteiger partial charge in [0.1, 0.15) is 17.7 Å². The van der Waals surface area contributed by atoms with Gasteiger partial charge >= 0.3 is 6.09 Å². The van der Waals surface area contributed by atoms with Crippen LogP contribution in [0.5, 0.6) is 0 Å². The average Bonchev–Trinajstić information content (AvgIpc) is 2.90. The van der Waals surface area contributed by atoms with Crippen LogP contribution in [-0.2, 0) is 0 Å². The van der Waals surface area contributed by atoms with Crippen molar-refractivity contribution in [2.45, 2.75) is 18.9 Å². The summed E-state index contributed by atoms with van der Waals surface area (Å²) in [4.78, 5) is 24.1. The molecule has 2 aromatic rings. The zero-order valence-electron chi connectivity index (χ0n) is 12.2. The summed E-state index contributed by atoms with van der Waals surface area (Å²) in [5.74, 6) is 0.822. The molecule has 112 valence electrons. The highest BCUT2D eigenvalue weighted by atomic mass is 16.4. The van der Waals surface area contributed by atoms with Gasteiger partial charge in [0, 0.05) is 19.1 Å². The van der Waals surface area contributed by atoms with Gasteiger partial charge < -0.3 is 14.9 Å². The summed E-state index contributed by atoms with van der Waals surface area (Å²) in [6.45, 7) is 1.87. The van der Waals surface area contributed by atoms with Gasteiger partial charge in [0.15, 0.2) is 5.65 Å². The summed E-state index contributed by atoms with van der Waals surface area (Å²) in [5, 5.41) is 9.13. The van der Waals surface area contributed by atoms with Gasteiger partial charge in [-0.25, -0.2) is 19.3 Å². The van der Waals surface area contributed by atoms with Crippen LogP contribution in [0.4, 0.5) is 10.6 Å². The Bertz CT molecular complexity index is 658. The van der Waals surface area contributed by atoms with Crippen molar-refractivity contribution in [1.82, 2.24) is 19.4 Å². The summed E-state index contributed by atoms with van der Waals surface area (Å²) in [6, 6.07) is 4.35. The monoisotopic (exact) mass is 289 g/mol. The van der Waals surface area contributed by atoms with Gasteiger partial charge in [-0.3, -0.25) is 0 Å². The van der Waals surface area contributed by atoms with E-state index in [0.29, 0.717) is 17.2 Å². The van der Waals surface area contributed by atoms with Crippen LogP contribution < -0.4 is 4.90 Å². The number of imidazole rings is 1. The lowest BCUT2D eigenvalue weighted by atomic mass is 10.0. The zero-order chi connectivity index (χ0) is 15.0. The fourth-order valence-electron chi connectivity index (χ4n) is 2.81. The van der Waals surface area contributed by atoms with E-state index in [9.17, 15) is 4.79 Å². The second-order valence-corrected chi connectivity index (χ2v) is 5.59. The van der Waals surface area contributed by atoms with Crippen molar-refractivity contribution in [1.29, 1.82) is 0 Å². The van der Waals surface area contributed by atoms with Crippen LogP contribution in [-0.4, -0.2) is 63.9 Å². The predicted octanol–water partition coefficient (Wildman–Crippen LogP) is 1.49. The molecule has 0 aliphatic carbocycles. The van der Waals surface area contributed by atoms with Gasteiger partial charge in [-0.1, -0.05) is 0 Å². The molecule has 7 nitrogen and oxygen atoms in total. The van der Waals surface area contributed by atoms with Gasteiger partial charge in [0.25, 0.3) is 0 Å². The summed E-state index contributed by atoms with van der Waals surface area (Å²) in [5.41, 5.74) is 0.999. The van der Waals surface area contributed by atoms with Crippen LogP contribution in [0.3, 0.4) is 0 Å². The molecule has 0 radical (unpaired) electrons. The van der Waals surface area contributed by atoms with Crippen molar-refractivity contribution in [3.05, 3.63) is 18.5 Å². The first-order chi connectivity index (χ1) is 10.1. The SMILES string of the molecule is CN(C)C1CCN(c2ccc3ncn(C(=O)O)c3n2)CC1. The Morgan fingerprint density at radius 2 is 2.05 bits per heavy atom. The number of nitrogens with zero attached hydrogens (tertiary/aromatic N) is 5. The quantitative estimate of drug-likeness (QED) is 0.903. The molecule has 0 saturated carbocycles. The Morgan fingerprint density at radius 3 is 2.67 bits per heavy atom. The molecule has 1 aliphatic heterocycles. The number of carboxylic acid groups (broad SMARTS) is 1. The average molecular weight is 289 g/mol. The molecule has 3 heterocycles. The Kier molecular flexibility index (Phi) is 3.50. The molecular weight excluding hydrogens is 270 g/mol. The molecule has 1 N–H and O–H groups in total. The molecule has 3 rings (SSSR count). The maximum absolute atomic E-state index is 11.1. The Hall–Kier alpha value is -2.15. The molecule has 1 fully saturated rings. The normalized spacial score (nSPS) is 16.8. The molecule has 2 aromatic heterocycles. The van der Waals surface area contributed by atoms with E-state index in [1.54, 1.807) is 0 Å². The minimum absolute atomic E-state index is 0.398. The summed E-state index contributed by atoms with van der Waals surface area (Å²) in [7, 11) is 4.21. The summed E-state index contributed by atoms with van der Waals surface area (Å²) >= 11 is 0. The fourth-order valence-corrected chi connectivity index (χ4v) is 2.81. The number of hydrogen-bond acceptors (Lipinski definition) is 5. The first-order valence-electron chi connectivity index (χ1n) is 7.05. The predicted molar refractivity (Wildman–Crippen MR) is 79.9 cm³/mol. The van der Waals surface area contributed by atoms with Crippen LogP contribution in [0.25, 0.3) is 11.2 Å². The van der Waals surface area contributed by atoms with E-state index in [0.717, 1.165) is 36.3 Å². The fraction of sp³-hybridized carbons (Fsp3) is 0.500. The maximum Gasteiger partial charge on any atom is 0.418 e. The minimum atomic E-state index is -1.06. The maximum atomic E-state index is 11.1. The Labute approximate surface area is 122 Å². The Balaban J connectivity index is 1.85. The van der Waals surface area contributed by atoms with E-state index < -0.39 is 6.09 Å². The van der Waals surface area contributed by atoms with Crippen molar-refractivity contribution in [2.75, 3.05) is 32.1 Å². The highest BCUT2D eigenvalue weighted by molar-refractivity contribution is 5.83. The number of pyridine rings is 1. The summed E-state index contributed by atoms with van der Waals surface area (Å²) in [6.07, 6.45) is 2.41. The molecule has 7 heteroatoms. The molecule has 1 aliphatic rings. The van der Waals surface area contributed by atoms with Gasteiger partial charge in [0.05, 0.1) is 0 Å². The van der Waals surface area contributed by atoms with Crippen molar-refractivity contribution >= 4 is 23.1 Å². The molecule has 21 heavy (non-hydrogen) atoms. The zero-order valence-corrected chi connectivity index (χ0v) is 12.2. The van der Waals surface area contributed by atoms with E-state index >= 15 is 0 Å². The van der Waals surface area contributed by atoms with Crippen molar-refractivity contribution in [2.24, 2.45) is 0 Å². The van der Waals surface area contributed by atoms with E-state index in [1.165, 1.54) is 6.33 Å². The van der Waals surface area contributed by atoms with Gasteiger partial charge in [-0.2, -0.15) is 0 Å². The highest BCUT2D eigenvalue weighted by Gasteiger charge is 2.22. The van der Waals surface area contributed by atoms with Gasteiger partial charge in [-0.15, -0.1) is 0 Å². The number of aromatic nitrogens is 3. The summed E-state index contributed by atoms with van der Waals surface area (Å²) < 4.78 is 1.06. The van der Waals surface area contributed by atoms with E-state index in [2.05, 4.69) is 33.9 Å². The van der Waals surface area contributed by atoms with Gasteiger partial charge in [-0.05, 0) is 39.1 Å². The molecular formula is C14H19N5O2. The molecule has 0 amide bonds. The second kappa shape index (κ2) is 5.33. The third-order valence-electron chi connectivity index (χ3n) is 4.11. The highest BCUT2D eigenvalue weighted by Crippen LogP contribution is 2.22. The van der Waals surface area contributed by atoms with E-state index in [-0.39, 0.29) is 0 Å². The first kappa shape index (κ1) is 13.8. The molecule has 0 bridgehead atoms. The van der Waals surface area contributed by atoms with Crippen LogP contribution >= 0.6 is 0 Å². The molecule has 0 atom stereocenters. The number of piperidine rings is 1.